The average molecular weight is 474 g/mol. The van der Waals surface area contributed by atoms with Crippen molar-refractivity contribution in [1.29, 1.82) is 0 Å². The van der Waals surface area contributed by atoms with Gasteiger partial charge in [0.15, 0.2) is 11.6 Å². The lowest BCUT2D eigenvalue weighted by Gasteiger charge is -2.37. The third-order valence-corrected chi connectivity index (χ3v) is 5.62. The highest BCUT2D eigenvalue weighted by atomic mass is 79.9. The van der Waals surface area contributed by atoms with Gasteiger partial charge in [0, 0.05) is 35.9 Å². The molecule has 1 aliphatic rings. The van der Waals surface area contributed by atoms with Crippen molar-refractivity contribution >= 4 is 39.2 Å². The maximum Gasteiger partial charge on any atom is 0.275 e. The zero-order valence-corrected chi connectivity index (χ0v) is 18.2. The van der Waals surface area contributed by atoms with Gasteiger partial charge in [-0.3, -0.25) is 14.5 Å². The number of carbonyl (C=O) groups is 2. The van der Waals surface area contributed by atoms with E-state index in [-0.39, 0.29) is 24.2 Å². The van der Waals surface area contributed by atoms with E-state index < -0.39 is 6.35 Å². The van der Waals surface area contributed by atoms with Gasteiger partial charge in [-0.1, -0.05) is 33.2 Å². The summed E-state index contributed by atoms with van der Waals surface area (Å²) in [7, 11) is 3.20. The lowest BCUT2D eigenvalue weighted by atomic mass is 10.2. The molecule has 0 saturated heterocycles. The normalized spacial score (nSPS) is 16.0. The predicted octanol–water partition coefficient (Wildman–Crippen LogP) is 2.65. The van der Waals surface area contributed by atoms with Crippen molar-refractivity contribution in [3.05, 3.63) is 52.3 Å². The van der Waals surface area contributed by atoms with Crippen molar-refractivity contribution in [3.8, 4) is 11.3 Å². The molecule has 0 aliphatic carbocycles. The number of anilines is 2. The first-order valence-electron chi connectivity index (χ1n) is 9.17. The zero-order chi connectivity index (χ0) is 21.6. The first-order valence-corrected chi connectivity index (χ1v) is 9.96. The van der Waals surface area contributed by atoms with Crippen LogP contribution in [0.5, 0.6) is 0 Å². The molecule has 3 heterocycles. The Hall–Kier alpha value is -3.11. The topological polar surface area (TPSA) is 104 Å². The highest BCUT2D eigenvalue weighted by molar-refractivity contribution is 9.10. The zero-order valence-electron chi connectivity index (χ0n) is 16.6. The molecule has 30 heavy (non-hydrogen) atoms. The number of aliphatic hydroxyl groups excluding tert-OH is 1. The fraction of sp³-hybridized carbons (Fsp3) is 0.250. The Kier molecular flexibility index (Phi) is 5.12. The fourth-order valence-electron chi connectivity index (χ4n) is 3.42. The molecule has 2 N–H and O–H groups in total. The van der Waals surface area contributed by atoms with Gasteiger partial charge in [0.2, 0.25) is 12.3 Å². The molecule has 1 unspecified atom stereocenters. The Morgan fingerprint density at radius 3 is 2.63 bits per heavy atom. The minimum atomic E-state index is -1.05. The van der Waals surface area contributed by atoms with E-state index in [1.165, 1.54) is 11.9 Å². The number of aryl methyl sites for hydroxylation is 1. The summed E-state index contributed by atoms with van der Waals surface area (Å²) < 4.78 is 7.89. The molecule has 9 nitrogen and oxygen atoms in total. The van der Waals surface area contributed by atoms with Crippen molar-refractivity contribution < 1.29 is 19.2 Å². The molecule has 2 aromatic heterocycles. The number of hydrogen-bond acceptors (Lipinski definition) is 6. The van der Waals surface area contributed by atoms with Crippen LogP contribution in [0.25, 0.3) is 11.3 Å². The number of halogens is 1. The second-order valence-corrected chi connectivity index (χ2v) is 8.03. The summed E-state index contributed by atoms with van der Waals surface area (Å²) in [4.78, 5) is 28.1. The van der Waals surface area contributed by atoms with Crippen LogP contribution in [-0.4, -0.2) is 52.0 Å². The van der Waals surface area contributed by atoms with Gasteiger partial charge in [-0.15, -0.1) is 0 Å². The molecule has 0 radical (unpaired) electrons. The minimum Gasteiger partial charge on any atom is -0.356 e. The predicted molar refractivity (Wildman–Crippen MR) is 114 cm³/mol. The SMILES string of the molecule is Cc1cc2c(n1CC(=O)Nc1cc(-c3ccc(Br)cc3)on1)C(=O)N(C)C(O)N2C. The van der Waals surface area contributed by atoms with Gasteiger partial charge in [0.05, 0.1) is 5.69 Å². The molecule has 1 atom stereocenters. The van der Waals surface area contributed by atoms with Crippen molar-refractivity contribution in [2.24, 2.45) is 0 Å². The molecule has 1 aromatic carbocycles. The Balaban J connectivity index is 1.53. The Morgan fingerprint density at radius 2 is 1.93 bits per heavy atom. The second-order valence-electron chi connectivity index (χ2n) is 7.11. The smallest absolute Gasteiger partial charge is 0.275 e. The number of aromatic nitrogens is 2. The minimum absolute atomic E-state index is 0.0782. The van der Waals surface area contributed by atoms with Gasteiger partial charge in [-0.05, 0) is 25.1 Å². The molecule has 3 aromatic rings. The number of rotatable bonds is 4. The number of hydrogen-bond donors (Lipinski definition) is 2. The average Bonchev–Trinajstić information content (AvgIpc) is 3.30. The van der Waals surface area contributed by atoms with E-state index in [0.717, 1.165) is 15.7 Å². The van der Waals surface area contributed by atoms with Crippen LogP contribution in [0, 0.1) is 6.92 Å². The Morgan fingerprint density at radius 1 is 1.23 bits per heavy atom. The first-order chi connectivity index (χ1) is 14.3. The Bertz CT molecular complexity index is 1120. The molecule has 0 fully saturated rings. The lowest BCUT2D eigenvalue weighted by molar-refractivity contribution is -0.116. The Labute approximate surface area is 181 Å². The summed E-state index contributed by atoms with van der Waals surface area (Å²) in [5.74, 6) is 0.110. The van der Waals surface area contributed by atoms with Crippen LogP contribution in [0.2, 0.25) is 0 Å². The second kappa shape index (κ2) is 7.62. The molecular weight excluding hydrogens is 454 g/mol. The van der Waals surface area contributed by atoms with Crippen molar-refractivity contribution in [1.82, 2.24) is 14.6 Å². The van der Waals surface area contributed by atoms with Crippen molar-refractivity contribution in [2.45, 2.75) is 19.8 Å². The summed E-state index contributed by atoms with van der Waals surface area (Å²) in [6.45, 7) is 1.73. The van der Waals surface area contributed by atoms with Crippen LogP contribution in [0.15, 0.2) is 45.4 Å². The monoisotopic (exact) mass is 473 g/mol. The summed E-state index contributed by atoms with van der Waals surface area (Å²) in [6, 6.07) is 10.9. The molecule has 0 spiro atoms. The van der Waals surface area contributed by atoms with Crippen LogP contribution >= 0.6 is 15.9 Å². The van der Waals surface area contributed by atoms with Crippen LogP contribution in [0.4, 0.5) is 11.5 Å². The maximum atomic E-state index is 12.7. The summed E-state index contributed by atoms with van der Waals surface area (Å²) >= 11 is 3.38. The van der Waals surface area contributed by atoms with Crippen LogP contribution in [0.3, 0.4) is 0 Å². The van der Waals surface area contributed by atoms with Crippen LogP contribution in [-0.2, 0) is 11.3 Å². The van der Waals surface area contributed by atoms with Crippen LogP contribution < -0.4 is 10.2 Å². The number of benzene rings is 1. The molecular formula is C20H20BrN5O4. The van der Waals surface area contributed by atoms with Gasteiger partial charge in [-0.25, -0.2) is 0 Å². The summed E-state index contributed by atoms with van der Waals surface area (Å²) in [6.07, 6.45) is -1.05. The molecule has 10 heteroatoms. The van der Waals surface area contributed by atoms with Gasteiger partial charge in [0.1, 0.15) is 12.2 Å². The molecule has 4 rings (SSSR count). The van der Waals surface area contributed by atoms with Gasteiger partial charge < -0.3 is 24.4 Å². The maximum absolute atomic E-state index is 12.7. The summed E-state index contributed by atoms with van der Waals surface area (Å²) in [5, 5.41) is 16.8. The van der Waals surface area contributed by atoms with Crippen LogP contribution in [0.1, 0.15) is 16.2 Å². The number of amides is 2. The standard InChI is InChI=1S/C20H20BrN5O4/c1-11-8-14-18(19(28)25(3)20(29)24(14)2)26(11)10-17(27)22-16-9-15(30-23-16)12-4-6-13(21)7-5-12/h4-9,20,29H,10H2,1-3H3,(H,22,23,27). The van der Waals surface area contributed by atoms with E-state index in [1.807, 2.05) is 24.3 Å². The number of fused-ring (bicyclic) bond motifs is 1. The largest absolute Gasteiger partial charge is 0.356 e. The quantitative estimate of drug-likeness (QED) is 0.603. The third kappa shape index (κ3) is 3.48. The molecule has 1 aliphatic heterocycles. The van der Waals surface area contributed by atoms with E-state index >= 15 is 0 Å². The molecule has 0 bridgehead atoms. The van der Waals surface area contributed by atoms with E-state index in [0.29, 0.717) is 17.1 Å². The molecule has 156 valence electrons. The van der Waals surface area contributed by atoms with E-state index in [4.69, 9.17) is 4.52 Å². The van der Waals surface area contributed by atoms with E-state index in [1.54, 1.807) is 35.6 Å². The van der Waals surface area contributed by atoms with E-state index in [2.05, 4.69) is 26.4 Å². The first kappa shape index (κ1) is 20.2. The number of carbonyl (C=O) groups excluding carboxylic acids is 2. The fourth-order valence-corrected chi connectivity index (χ4v) is 3.69. The summed E-state index contributed by atoms with van der Waals surface area (Å²) in [5.41, 5.74) is 2.49. The third-order valence-electron chi connectivity index (χ3n) is 5.09. The lowest BCUT2D eigenvalue weighted by Crippen LogP contribution is -2.52. The number of nitrogens with one attached hydrogen (secondary N) is 1. The van der Waals surface area contributed by atoms with E-state index in [9.17, 15) is 14.7 Å². The number of nitrogens with zero attached hydrogens (tertiary/aromatic N) is 4. The molecule has 0 saturated carbocycles. The van der Waals surface area contributed by atoms with Crippen molar-refractivity contribution in [2.75, 3.05) is 24.3 Å². The van der Waals surface area contributed by atoms with Gasteiger partial charge >= 0.3 is 0 Å². The van der Waals surface area contributed by atoms with Gasteiger partial charge in [-0.2, -0.15) is 0 Å². The highest BCUT2D eigenvalue weighted by Gasteiger charge is 2.36. The van der Waals surface area contributed by atoms with Crippen molar-refractivity contribution in [3.63, 3.8) is 0 Å². The molecule has 2 amide bonds. The number of aliphatic hydroxyl groups is 1. The van der Waals surface area contributed by atoms with Gasteiger partial charge in [0.25, 0.3) is 5.91 Å². The highest BCUT2D eigenvalue weighted by Crippen LogP contribution is 2.31.